The van der Waals surface area contributed by atoms with E-state index in [0.29, 0.717) is 0 Å². The van der Waals surface area contributed by atoms with E-state index in [0.717, 1.165) is 19.4 Å². The molecular formula is C15H24ClNO. The van der Waals surface area contributed by atoms with Gasteiger partial charge in [-0.05, 0) is 32.5 Å². The van der Waals surface area contributed by atoms with Crippen molar-refractivity contribution in [1.29, 1.82) is 0 Å². The van der Waals surface area contributed by atoms with Crippen LogP contribution in [0.2, 0.25) is 0 Å². The molecule has 0 aromatic heterocycles. The second kappa shape index (κ2) is 6.55. The Balaban J connectivity index is 0.00000162. The molecule has 1 aliphatic rings. The fraction of sp³-hybridized carbons (Fsp3) is 0.600. The lowest BCUT2D eigenvalue weighted by atomic mass is 9.74. The van der Waals surface area contributed by atoms with E-state index in [2.05, 4.69) is 29.2 Å². The first-order valence-corrected chi connectivity index (χ1v) is 6.53. The van der Waals surface area contributed by atoms with Crippen molar-refractivity contribution in [3.63, 3.8) is 0 Å². The Morgan fingerprint density at radius 2 is 1.72 bits per heavy atom. The summed E-state index contributed by atoms with van der Waals surface area (Å²) < 4.78 is 0. The van der Waals surface area contributed by atoms with Crippen molar-refractivity contribution in [3.8, 4) is 0 Å². The van der Waals surface area contributed by atoms with E-state index in [-0.39, 0.29) is 23.9 Å². The van der Waals surface area contributed by atoms with Crippen LogP contribution < -0.4 is 0 Å². The van der Waals surface area contributed by atoms with E-state index in [1.165, 1.54) is 18.4 Å². The number of nitrogens with zero attached hydrogens (tertiary/aromatic N) is 1. The van der Waals surface area contributed by atoms with Crippen molar-refractivity contribution in [1.82, 2.24) is 4.90 Å². The highest BCUT2D eigenvalue weighted by Gasteiger charge is 2.41. The molecule has 18 heavy (non-hydrogen) atoms. The van der Waals surface area contributed by atoms with E-state index in [1.807, 2.05) is 20.2 Å². The summed E-state index contributed by atoms with van der Waals surface area (Å²) in [4.78, 5) is 2.08. The summed E-state index contributed by atoms with van der Waals surface area (Å²) in [6.45, 7) is 0.745. The molecule has 0 saturated heterocycles. The van der Waals surface area contributed by atoms with Crippen LogP contribution in [0, 0.1) is 0 Å². The molecule has 102 valence electrons. The summed E-state index contributed by atoms with van der Waals surface area (Å²) in [5, 5.41) is 10.6. The number of aliphatic hydroxyl groups excluding tert-OH is 1. The lowest BCUT2D eigenvalue weighted by Gasteiger charge is -2.36. The third-order valence-corrected chi connectivity index (χ3v) is 4.02. The molecule has 0 amide bonds. The second-order valence-corrected chi connectivity index (χ2v) is 5.51. The van der Waals surface area contributed by atoms with Gasteiger partial charge in [-0.15, -0.1) is 12.4 Å². The average Bonchev–Trinajstić information content (AvgIpc) is 2.79. The molecule has 1 atom stereocenters. The van der Waals surface area contributed by atoms with Gasteiger partial charge in [0.25, 0.3) is 0 Å². The van der Waals surface area contributed by atoms with Crippen LogP contribution in [-0.4, -0.2) is 36.8 Å². The van der Waals surface area contributed by atoms with Crippen molar-refractivity contribution < 1.29 is 5.11 Å². The zero-order chi connectivity index (χ0) is 12.3. The van der Waals surface area contributed by atoms with Gasteiger partial charge in [-0.1, -0.05) is 43.2 Å². The number of hydrogen-bond donors (Lipinski definition) is 1. The highest BCUT2D eigenvalue weighted by atomic mass is 35.5. The van der Waals surface area contributed by atoms with Gasteiger partial charge in [0, 0.05) is 12.0 Å². The first-order chi connectivity index (χ1) is 8.15. The molecule has 1 aliphatic carbocycles. The molecule has 2 nitrogen and oxygen atoms in total. The number of rotatable bonds is 4. The monoisotopic (exact) mass is 269 g/mol. The number of benzene rings is 1. The molecule has 0 spiro atoms. The average molecular weight is 270 g/mol. The summed E-state index contributed by atoms with van der Waals surface area (Å²) in [5.74, 6) is 0. The summed E-state index contributed by atoms with van der Waals surface area (Å²) in [5.41, 5.74) is 1.30. The van der Waals surface area contributed by atoms with Crippen molar-refractivity contribution in [2.75, 3.05) is 20.6 Å². The molecule has 0 aliphatic heterocycles. The summed E-state index contributed by atoms with van der Waals surface area (Å²) in [6, 6.07) is 10.6. The zero-order valence-corrected chi connectivity index (χ0v) is 12.1. The number of aliphatic hydroxyl groups is 1. The molecule has 0 heterocycles. The van der Waals surface area contributed by atoms with Crippen molar-refractivity contribution in [2.24, 2.45) is 0 Å². The van der Waals surface area contributed by atoms with Crippen LogP contribution in [0.4, 0.5) is 0 Å². The van der Waals surface area contributed by atoms with Gasteiger partial charge in [-0.3, -0.25) is 0 Å². The highest BCUT2D eigenvalue weighted by Crippen LogP contribution is 2.43. The van der Waals surface area contributed by atoms with E-state index < -0.39 is 0 Å². The first kappa shape index (κ1) is 15.5. The van der Waals surface area contributed by atoms with Gasteiger partial charge in [-0.2, -0.15) is 0 Å². The molecular weight excluding hydrogens is 246 g/mol. The maximum atomic E-state index is 10.6. The molecule has 0 radical (unpaired) electrons. The van der Waals surface area contributed by atoms with E-state index in [4.69, 9.17) is 0 Å². The summed E-state index contributed by atoms with van der Waals surface area (Å²) in [6.07, 6.45) is 4.44. The Morgan fingerprint density at radius 3 is 2.22 bits per heavy atom. The van der Waals surface area contributed by atoms with Crippen molar-refractivity contribution >= 4 is 12.4 Å². The molecule has 0 bridgehead atoms. The van der Waals surface area contributed by atoms with Gasteiger partial charge < -0.3 is 10.0 Å². The van der Waals surface area contributed by atoms with Crippen LogP contribution >= 0.6 is 12.4 Å². The van der Waals surface area contributed by atoms with Crippen LogP contribution in [0.1, 0.15) is 31.2 Å². The Kier molecular flexibility index (Phi) is 5.64. The molecule has 1 fully saturated rings. The molecule has 1 N–H and O–H groups in total. The van der Waals surface area contributed by atoms with E-state index in [9.17, 15) is 5.11 Å². The molecule has 3 heteroatoms. The fourth-order valence-corrected chi connectivity index (χ4v) is 3.11. The highest BCUT2D eigenvalue weighted by molar-refractivity contribution is 5.85. The van der Waals surface area contributed by atoms with Gasteiger partial charge in [-0.25, -0.2) is 0 Å². The summed E-state index contributed by atoms with van der Waals surface area (Å²) >= 11 is 0. The smallest absolute Gasteiger partial charge is 0.0763 e. The van der Waals surface area contributed by atoms with Crippen molar-refractivity contribution in [3.05, 3.63) is 35.9 Å². The van der Waals surface area contributed by atoms with Crippen LogP contribution in [0.5, 0.6) is 0 Å². The Hall–Kier alpha value is -0.570. The van der Waals surface area contributed by atoms with Crippen LogP contribution in [-0.2, 0) is 5.41 Å². The zero-order valence-electron chi connectivity index (χ0n) is 11.3. The lowest BCUT2D eigenvalue weighted by molar-refractivity contribution is 0.0579. The van der Waals surface area contributed by atoms with Crippen LogP contribution in [0.3, 0.4) is 0 Å². The SMILES string of the molecule is CN(C)CC(O)C1(c2ccccc2)CCCC1.Cl. The molecule has 1 aromatic rings. The predicted molar refractivity (Wildman–Crippen MR) is 78.4 cm³/mol. The largest absolute Gasteiger partial charge is 0.391 e. The van der Waals surface area contributed by atoms with E-state index >= 15 is 0 Å². The minimum atomic E-state index is -0.262. The second-order valence-electron chi connectivity index (χ2n) is 5.51. The minimum Gasteiger partial charge on any atom is -0.391 e. The van der Waals surface area contributed by atoms with Gasteiger partial charge in [0.1, 0.15) is 0 Å². The van der Waals surface area contributed by atoms with Crippen molar-refractivity contribution in [2.45, 2.75) is 37.2 Å². The normalized spacial score (nSPS) is 19.6. The molecule has 1 saturated carbocycles. The third-order valence-electron chi connectivity index (χ3n) is 4.02. The number of hydrogen-bond acceptors (Lipinski definition) is 2. The standard InChI is InChI=1S/C15H23NO.ClH/c1-16(2)12-14(17)15(10-6-7-11-15)13-8-4-3-5-9-13;/h3-5,8-9,14,17H,6-7,10-12H2,1-2H3;1H. The van der Waals surface area contributed by atoms with Gasteiger partial charge in [0.2, 0.25) is 0 Å². The summed E-state index contributed by atoms with van der Waals surface area (Å²) in [7, 11) is 4.05. The van der Waals surface area contributed by atoms with Crippen LogP contribution in [0.25, 0.3) is 0 Å². The number of likely N-dealkylation sites (N-methyl/N-ethyl adjacent to an activating group) is 1. The predicted octanol–water partition coefficient (Wildman–Crippen LogP) is 2.84. The lowest BCUT2D eigenvalue weighted by Crippen LogP contribution is -2.43. The molecule has 1 unspecified atom stereocenters. The first-order valence-electron chi connectivity index (χ1n) is 6.53. The van der Waals surface area contributed by atoms with Gasteiger partial charge >= 0.3 is 0 Å². The van der Waals surface area contributed by atoms with E-state index in [1.54, 1.807) is 0 Å². The van der Waals surface area contributed by atoms with Crippen LogP contribution in [0.15, 0.2) is 30.3 Å². The maximum Gasteiger partial charge on any atom is 0.0763 e. The van der Waals surface area contributed by atoms with Gasteiger partial charge in [0.15, 0.2) is 0 Å². The Labute approximate surface area is 116 Å². The Morgan fingerprint density at radius 1 is 1.17 bits per heavy atom. The molecule has 1 aromatic carbocycles. The minimum absolute atomic E-state index is 0. The number of halogens is 1. The Bertz CT molecular complexity index is 347. The fourth-order valence-electron chi connectivity index (χ4n) is 3.11. The quantitative estimate of drug-likeness (QED) is 0.909. The molecule has 2 rings (SSSR count). The van der Waals surface area contributed by atoms with Gasteiger partial charge in [0.05, 0.1) is 6.10 Å². The maximum absolute atomic E-state index is 10.6. The topological polar surface area (TPSA) is 23.5 Å². The third kappa shape index (κ3) is 3.05.